The van der Waals surface area contributed by atoms with Crippen molar-refractivity contribution in [2.24, 2.45) is 10.9 Å². The third-order valence-electron chi connectivity index (χ3n) is 5.26. The van der Waals surface area contributed by atoms with Gasteiger partial charge in [0.2, 0.25) is 5.90 Å². The highest BCUT2D eigenvalue weighted by atomic mass is 16.5. The molecule has 32 heavy (non-hydrogen) atoms. The number of carbonyl (C=O) groups excluding carboxylic acids is 1. The van der Waals surface area contributed by atoms with Gasteiger partial charge in [0.05, 0.1) is 6.61 Å². The number of nitrogens with one attached hydrogen (secondary N) is 1. The van der Waals surface area contributed by atoms with Crippen LogP contribution < -0.4 is 10.1 Å². The fourth-order valence-electron chi connectivity index (χ4n) is 3.61. The predicted molar refractivity (Wildman–Crippen MR) is 126 cm³/mol. The average Bonchev–Trinajstić information content (AvgIpc) is 3.19. The second-order valence-electron chi connectivity index (χ2n) is 8.30. The third-order valence-corrected chi connectivity index (χ3v) is 5.26. The molecule has 0 radical (unpaired) electrons. The number of aliphatic hydroxyl groups excluding tert-OH is 1. The van der Waals surface area contributed by atoms with Gasteiger partial charge in [-0.15, -0.1) is 6.58 Å². The minimum Gasteiger partial charge on any atom is -0.494 e. The van der Waals surface area contributed by atoms with Crippen LogP contribution in [0.15, 0.2) is 72.2 Å². The van der Waals surface area contributed by atoms with Gasteiger partial charge in [0.1, 0.15) is 5.75 Å². The quantitative estimate of drug-likeness (QED) is 0.411. The summed E-state index contributed by atoms with van der Waals surface area (Å²) in [4.78, 5) is 18.3. The van der Waals surface area contributed by atoms with Crippen LogP contribution in [0.3, 0.4) is 0 Å². The Kier molecular flexibility index (Phi) is 8.06. The fraction of sp³-hybridized carbons (Fsp3) is 0.385. The fourth-order valence-corrected chi connectivity index (χ4v) is 3.61. The highest BCUT2D eigenvalue weighted by molar-refractivity contribution is 6.01. The Morgan fingerprint density at radius 3 is 2.59 bits per heavy atom. The molecule has 1 aliphatic heterocycles. The maximum atomic E-state index is 13.4. The summed E-state index contributed by atoms with van der Waals surface area (Å²) >= 11 is 0. The number of rotatable bonds is 11. The zero-order valence-electron chi connectivity index (χ0n) is 18.8. The molecule has 0 fully saturated rings. The molecule has 1 aliphatic rings. The zero-order valence-corrected chi connectivity index (χ0v) is 18.8. The molecule has 0 unspecified atom stereocenters. The van der Waals surface area contributed by atoms with E-state index in [1.165, 1.54) is 0 Å². The SMILES string of the molecule is C=CC[C@@]1(C(=O)NCC(C)C)N=C(c2ccc(OCCCO)cc2)O[C@@H]1c1ccccc1. The van der Waals surface area contributed by atoms with Crippen LogP contribution in [0.25, 0.3) is 0 Å². The molecule has 0 aromatic heterocycles. The standard InChI is InChI=1S/C26H32N2O4/c1-4-15-26(25(30)27-18-19(2)3)23(20-9-6-5-7-10-20)32-24(28-26)21-11-13-22(14-12-21)31-17-8-16-29/h4-7,9-14,19,23,29H,1,8,15-18H2,2-3H3,(H,27,30)/t23-,26-/m1/s1. The van der Waals surface area contributed by atoms with Crippen molar-refractivity contribution in [1.29, 1.82) is 0 Å². The Balaban J connectivity index is 1.94. The van der Waals surface area contributed by atoms with Gasteiger partial charge in [-0.05, 0) is 35.7 Å². The van der Waals surface area contributed by atoms with E-state index in [1.807, 2.05) is 54.6 Å². The molecule has 1 amide bonds. The lowest BCUT2D eigenvalue weighted by Crippen LogP contribution is -2.48. The van der Waals surface area contributed by atoms with E-state index in [1.54, 1.807) is 6.08 Å². The molecule has 2 atom stereocenters. The molecule has 1 heterocycles. The minimum absolute atomic E-state index is 0.0911. The van der Waals surface area contributed by atoms with E-state index >= 15 is 0 Å². The molecule has 3 rings (SSSR count). The molecule has 2 N–H and O–H groups in total. The van der Waals surface area contributed by atoms with E-state index in [-0.39, 0.29) is 12.5 Å². The zero-order chi connectivity index (χ0) is 23.0. The summed E-state index contributed by atoms with van der Waals surface area (Å²) in [5.74, 6) is 1.27. The van der Waals surface area contributed by atoms with Crippen molar-refractivity contribution in [3.63, 3.8) is 0 Å². The number of ether oxygens (including phenoxy) is 2. The van der Waals surface area contributed by atoms with Crippen molar-refractivity contribution < 1.29 is 19.4 Å². The Morgan fingerprint density at radius 2 is 1.97 bits per heavy atom. The van der Waals surface area contributed by atoms with E-state index < -0.39 is 11.6 Å². The summed E-state index contributed by atoms with van der Waals surface area (Å²) in [7, 11) is 0. The van der Waals surface area contributed by atoms with Gasteiger partial charge in [-0.1, -0.05) is 50.3 Å². The van der Waals surface area contributed by atoms with Crippen molar-refractivity contribution >= 4 is 11.8 Å². The Hall–Kier alpha value is -3.12. The molecule has 0 bridgehead atoms. The molecule has 0 saturated heterocycles. The van der Waals surface area contributed by atoms with Crippen molar-refractivity contribution in [1.82, 2.24) is 5.32 Å². The van der Waals surface area contributed by atoms with Crippen molar-refractivity contribution in [2.45, 2.75) is 38.3 Å². The van der Waals surface area contributed by atoms with Crippen LogP contribution in [0.1, 0.15) is 43.9 Å². The van der Waals surface area contributed by atoms with Crippen LogP contribution in [0, 0.1) is 5.92 Å². The first kappa shape index (κ1) is 23.5. The maximum absolute atomic E-state index is 13.4. The third kappa shape index (κ3) is 5.37. The predicted octanol–water partition coefficient (Wildman–Crippen LogP) is 4.05. The molecule has 6 nitrogen and oxygen atoms in total. The summed E-state index contributed by atoms with van der Waals surface area (Å²) in [6.45, 7) is 9.09. The van der Waals surface area contributed by atoms with Crippen LogP contribution in [-0.2, 0) is 9.53 Å². The number of carbonyl (C=O) groups is 1. The number of hydrogen-bond acceptors (Lipinski definition) is 5. The maximum Gasteiger partial charge on any atom is 0.252 e. The van der Waals surface area contributed by atoms with Crippen LogP contribution in [0.5, 0.6) is 5.75 Å². The van der Waals surface area contributed by atoms with Gasteiger partial charge < -0.3 is 19.9 Å². The monoisotopic (exact) mass is 436 g/mol. The average molecular weight is 437 g/mol. The molecule has 6 heteroatoms. The summed E-state index contributed by atoms with van der Waals surface area (Å²) in [5.41, 5.74) is 0.517. The second-order valence-corrected chi connectivity index (χ2v) is 8.30. The lowest BCUT2D eigenvalue weighted by Gasteiger charge is -2.30. The number of aliphatic hydroxyl groups is 1. The first-order valence-corrected chi connectivity index (χ1v) is 11.0. The van der Waals surface area contributed by atoms with Crippen molar-refractivity contribution in [3.8, 4) is 5.75 Å². The topological polar surface area (TPSA) is 80.2 Å². The van der Waals surface area contributed by atoms with Crippen LogP contribution in [-0.4, -0.2) is 42.2 Å². The largest absolute Gasteiger partial charge is 0.494 e. The number of nitrogens with zero attached hydrogens (tertiary/aromatic N) is 1. The smallest absolute Gasteiger partial charge is 0.252 e. The minimum atomic E-state index is -1.14. The molecule has 0 aliphatic carbocycles. The normalized spacial score (nSPS) is 19.9. The Labute approximate surface area is 190 Å². The van der Waals surface area contributed by atoms with Gasteiger partial charge in [0.15, 0.2) is 11.6 Å². The van der Waals surface area contributed by atoms with Gasteiger partial charge in [-0.25, -0.2) is 4.99 Å². The lowest BCUT2D eigenvalue weighted by molar-refractivity contribution is -0.129. The molecule has 0 spiro atoms. The van der Waals surface area contributed by atoms with Crippen LogP contribution in [0.4, 0.5) is 0 Å². The van der Waals surface area contributed by atoms with E-state index in [0.29, 0.717) is 43.6 Å². The van der Waals surface area contributed by atoms with Gasteiger partial charge in [0, 0.05) is 31.6 Å². The van der Waals surface area contributed by atoms with E-state index in [9.17, 15) is 4.79 Å². The van der Waals surface area contributed by atoms with Crippen molar-refractivity contribution in [3.05, 3.63) is 78.4 Å². The number of benzene rings is 2. The molecular weight excluding hydrogens is 404 g/mol. The van der Waals surface area contributed by atoms with Crippen molar-refractivity contribution in [2.75, 3.05) is 19.8 Å². The number of amides is 1. The van der Waals surface area contributed by atoms with Gasteiger partial charge in [0.25, 0.3) is 5.91 Å². The first-order chi connectivity index (χ1) is 15.5. The molecule has 2 aromatic carbocycles. The lowest BCUT2D eigenvalue weighted by atomic mass is 9.84. The number of hydrogen-bond donors (Lipinski definition) is 2. The van der Waals surface area contributed by atoms with Gasteiger partial charge >= 0.3 is 0 Å². The highest BCUT2D eigenvalue weighted by Crippen LogP contribution is 2.42. The van der Waals surface area contributed by atoms with E-state index in [0.717, 1.165) is 11.1 Å². The highest BCUT2D eigenvalue weighted by Gasteiger charge is 2.52. The van der Waals surface area contributed by atoms with Gasteiger partial charge in [-0.2, -0.15) is 0 Å². The molecule has 170 valence electrons. The number of aliphatic imine (C=N–C) groups is 1. The molecular formula is C26H32N2O4. The Morgan fingerprint density at radius 1 is 1.25 bits per heavy atom. The summed E-state index contributed by atoms with van der Waals surface area (Å²) in [5, 5.41) is 11.9. The Bertz CT molecular complexity index is 925. The summed E-state index contributed by atoms with van der Waals surface area (Å²) in [6.07, 6.45) is 2.08. The first-order valence-electron chi connectivity index (χ1n) is 11.0. The molecule has 0 saturated carbocycles. The second kappa shape index (κ2) is 11.0. The van der Waals surface area contributed by atoms with Crippen LogP contribution in [0.2, 0.25) is 0 Å². The van der Waals surface area contributed by atoms with Crippen LogP contribution >= 0.6 is 0 Å². The summed E-state index contributed by atoms with van der Waals surface area (Å²) < 4.78 is 11.9. The molecule has 2 aromatic rings. The summed E-state index contributed by atoms with van der Waals surface area (Å²) in [6, 6.07) is 17.1. The van der Waals surface area contributed by atoms with Gasteiger partial charge in [-0.3, -0.25) is 4.79 Å². The van der Waals surface area contributed by atoms with E-state index in [2.05, 4.69) is 25.7 Å². The van der Waals surface area contributed by atoms with E-state index in [4.69, 9.17) is 19.6 Å².